The lowest BCUT2D eigenvalue weighted by molar-refractivity contribution is 0.0716. The van der Waals surface area contributed by atoms with Crippen molar-refractivity contribution in [3.63, 3.8) is 0 Å². The van der Waals surface area contributed by atoms with Gasteiger partial charge in [-0.2, -0.15) is 0 Å². The molecule has 0 aromatic carbocycles. The molecule has 0 radical (unpaired) electrons. The first-order chi connectivity index (χ1) is 9.88. The fourth-order valence-electron chi connectivity index (χ4n) is 2.82. The van der Waals surface area contributed by atoms with E-state index in [0.717, 1.165) is 31.6 Å². The fraction of sp³-hybridized carbons (Fsp3) is 0.625. The van der Waals surface area contributed by atoms with E-state index in [-0.39, 0.29) is 11.8 Å². The smallest absolute Gasteiger partial charge is 0.254 e. The predicted molar refractivity (Wildman–Crippen MR) is 85.9 cm³/mol. The minimum absolute atomic E-state index is 0.0746. The molecule has 0 saturated carbocycles. The maximum atomic E-state index is 12.8. The Hall–Kier alpha value is -1.13. The first-order valence-corrected chi connectivity index (χ1v) is 7.89. The van der Waals surface area contributed by atoms with Crippen molar-refractivity contribution in [3.8, 4) is 0 Å². The van der Waals surface area contributed by atoms with Gasteiger partial charge in [-0.1, -0.05) is 25.4 Å². The number of amides is 1. The topological polar surface area (TPSA) is 36.4 Å². The molecule has 1 aliphatic heterocycles. The fourth-order valence-corrected chi connectivity index (χ4v) is 3.03. The number of halogens is 1. The summed E-state index contributed by atoms with van der Waals surface area (Å²) in [7, 11) is 4.09. The van der Waals surface area contributed by atoms with Crippen molar-refractivity contribution in [2.75, 3.05) is 27.2 Å². The van der Waals surface area contributed by atoms with E-state index in [2.05, 4.69) is 23.7 Å². The third kappa shape index (κ3) is 3.95. The SMILES string of the molecule is CC(C)c1cc(C(=O)N2CCCC2CN(C)C)cc(Cl)n1. The van der Waals surface area contributed by atoms with Crippen LogP contribution >= 0.6 is 11.6 Å². The van der Waals surface area contributed by atoms with Gasteiger partial charge in [0, 0.05) is 30.4 Å². The van der Waals surface area contributed by atoms with Gasteiger partial charge in [-0.25, -0.2) is 4.98 Å². The Balaban J connectivity index is 2.23. The normalized spacial score (nSPS) is 18.8. The van der Waals surface area contributed by atoms with Gasteiger partial charge in [0.1, 0.15) is 5.15 Å². The Morgan fingerprint density at radius 2 is 2.19 bits per heavy atom. The summed E-state index contributed by atoms with van der Waals surface area (Å²) in [5.41, 5.74) is 1.53. The van der Waals surface area contributed by atoms with Gasteiger partial charge < -0.3 is 9.80 Å². The van der Waals surface area contributed by atoms with E-state index >= 15 is 0 Å². The summed E-state index contributed by atoms with van der Waals surface area (Å²) in [5.74, 6) is 0.331. The monoisotopic (exact) mass is 309 g/mol. The summed E-state index contributed by atoms with van der Waals surface area (Å²) in [6.07, 6.45) is 2.14. The third-order valence-corrected chi connectivity index (χ3v) is 4.06. The van der Waals surface area contributed by atoms with Gasteiger partial charge in [0.2, 0.25) is 0 Å². The van der Waals surface area contributed by atoms with Gasteiger partial charge >= 0.3 is 0 Å². The van der Waals surface area contributed by atoms with E-state index in [1.807, 2.05) is 25.1 Å². The Bertz CT molecular complexity index is 516. The molecule has 1 amide bonds. The minimum atomic E-state index is 0.0746. The lowest BCUT2D eigenvalue weighted by atomic mass is 10.1. The number of aromatic nitrogens is 1. The molecule has 1 aromatic rings. The first-order valence-electron chi connectivity index (χ1n) is 7.51. The molecule has 0 N–H and O–H groups in total. The second kappa shape index (κ2) is 6.75. The van der Waals surface area contributed by atoms with Crippen molar-refractivity contribution in [3.05, 3.63) is 28.5 Å². The van der Waals surface area contributed by atoms with Gasteiger partial charge in [0.05, 0.1) is 0 Å². The van der Waals surface area contributed by atoms with Gasteiger partial charge in [0.15, 0.2) is 0 Å². The number of likely N-dealkylation sites (tertiary alicyclic amines) is 1. The molecule has 1 aromatic heterocycles. The highest BCUT2D eigenvalue weighted by molar-refractivity contribution is 6.29. The van der Waals surface area contributed by atoms with E-state index in [4.69, 9.17) is 11.6 Å². The molecule has 116 valence electrons. The predicted octanol–water partition coefficient (Wildman–Crippen LogP) is 3.02. The average Bonchev–Trinajstić information content (AvgIpc) is 2.84. The molecule has 0 aliphatic carbocycles. The zero-order valence-corrected chi connectivity index (χ0v) is 14.0. The maximum Gasteiger partial charge on any atom is 0.254 e. The standard InChI is InChI=1S/C16H24ClN3O/c1-11(2)14-8-12(9-15(17)18-14)16(21)20-7-5-6-13(20)10-19(3)4/h8-9,11,13H,5-7,10H2,1-4H3. The molecule has 0 bridgehead atoms. The second-order valence-corrected chi connectivity index (χ2v) is 6.70. The minimum Gasteiger partial charge on any atom is -0.334 e. The van der Waals surface area contributed by atoms with Crippen molar-refractivity contribution in [1.82, 2.24) is 14.8 Å². The molecular weight excluding hydrogens is 286 g/mol. The van der Waals surface area contributed by atoms with Gasteiger partial charge in [-0.05, 0) is 45.0 Å². The van der Waals surface area contributed by atoms with Crippen molar-refractivity contribution < 1.29 is 4.79 Å². The molecule has 1 aliphatic rings. The van der Waals surface area contributed by atoms with Crippen molar-refractivity contribution in [1.29, 1.82) is 0 Å². The molecular formula is C16H24ClN3O. The summed E-state index contributed by atoms with van der Waals surface area (Å²) in [6.45, 7) is 5.84. The van der Waals surface area contributed by atoms with Gasteiger partial charge in [-0.3, -0.25) is 4.79 Å². The molecule has 21 heavy (non-hydrogen) atoms. The lowest BCUT2D eigenvalue weighted by Crippen LogP contribution is -2.41. The maximum absolute atomic E-state index is 12.8. The number of rotatable bonds is 4. The van der Waals surface area contributed by atoms with Crippen LogP contribution in [0.2, 0.25) is 5.15 Å². The zero-order chi connectivity index (χ0) is 15.6. The van der Waals surface area contributed by atoms with E-state index in [9.17, 15) is 4.79 Å². The van der Waals surface area contributed by atoms with Crippen LogP contribution in [0.25, 0.3) is 0 Å². The number of likely N-dealkylation sites (N-methyl/N-ethyl adjacent to an activating group) is 1. The Morgan fingerprint density at radius 1 is 1.48 bits per heavy atom. The molecule has 1 unspecified atom stereocenters. The Labute approximate surface area is 132 Å². The molecule has 4 nitrogen and oxygen atoms in total. The van der Waals surface area contributed by atoms with E-state index in [0.29, 0.717) is 16.8 Å². The van der Waals surface area contributed by atoms with Crippen LogP contribution in [-0.2, 0) is 0 Å². The Kier molecular flexibility index (Phi) is 5.22. The number of hydrogen-bond acceptors (Lipinski definition) is 3. The molecule has 5 heteroatoms. The van der Waals surface area contributed by atoms with Crippen LogP contribution in [0.4, 0.5) is 0 Å². The summed E-state index contributed by atoms with van der Waals surface area (Å²) in [4.78, 5) is 21.2. The van der Waals surface area contributed by atoms with Crippen LogP contribution in [0.1, 0.15) is 48.7 Å². The summed E-state index contributed by atoms with van der Waals surface area (Å²) >= 11 is 6.08. The highest BCUT2D eigenvalue weighted by Crippen LogP contribution is 2.23. The van der Waals surface area contributed by atoms with Crippen LogP contribution in [-0.4, -0.2) is 53.9 Å². The van der Waals surface area contributed by atoms with Gasteiger partial charge in [0.25, 0.3) is 5.91 Å². The van der Waals surface area contributed by atoms with Crippen LogP contribution in [0.15, 0.2) is 12.1 Å². The molecule has 1 saturated heterocycles. The van der Waals surface area contributed by atoms with Crippen LogP contribution < -0.4 is 0 Å². The van der Waals surface area contributed by atoms with Crippen LogP contribution in [0.3, 0.4) is 0 Å². The van der Waals surface area contributed by atoms with Gasteiger partial charge in [-0.15, -0.1) is 0 Å². The number of nitrogens with zero attached hydrogens (tertiary/aromatic N) is 3. The van der Waals surface area contributed by atoms with Crippen molar-refractivity contribution in [2.24, 2.45) is 0 Å². The molecule has 1 atom stereocenters. The van der Waals surface area contributed by atoms with Crippen molar-refractivity contribution in [2.45, 2.75) is 38.6 Å². The Morgan fingerprint density at radius 3 is 2.81 bits per heavy atom. The summed E-state index contributed by atoms with van der Waals surface area (Å²) < 4.78 is 0. The quantitative estimate of drug-likeness (QED) is 0.802. The lowest BCUT2D eigenvalue weighted by Gasteiger charge is -2.27. The van der Waals surface area contributed by atoms with E-state index in [1.165, 1.54) is 0 Å². The molecule has 2 heterocycles. The summed E-state index contributed by atoms with van der Waals surface area (Å²) in [5, 5.41) is 0.396. The number of hydrogen-bond donors (Lipinski definition) is 0. The van der Waals surface area contributed by atoms with Crippen molar-refractivity contribution >= 4 is 17.5 Å². The highest BCUT2D eigenvalue weighted by Gasteiger charge is 2.30. The van der Waals surface area contributed by atoms with E-state index < -0.39 is 0 Å². The largest absolute Gasteiger partial charge is 0.334 e. The number of pyridine rings is 1. The second-order valence-electron chi connectivity index (χ2n) is 6.31. The molecule has 0 spiro atoms. The number of carbonyl (C=O) groups is 1. The van der Waals surface area contributed by atoms with Crippen LogP contribution in [0, 0.1) is 0 Å². The van der Waals surface area contributed by atoms with Crippen LogP contribution in [0.5, 0.6) is 0 Å². The highest BCUT2D eigenvalue weighted by atomic mass is 35.5. The third-order valence-electron chi connectivity index (χ3n) is 3.87. The zero-order valence-electron chi connectivity index (χ0n) is 13.3. The first kappa shape index (κ1) is 16.2. The molecule has 2 rings (SSSR count). The molecule has 1 fully saturated rings. The summed E-state index contributed by atoms with van der Waals surface area (Å²) in [6, 6.07) is 3.85. The average molecular weight is 310 g/mol. The van der Waals surface area contributed by atoms with E-state index in [1.54, 1.807) is 6.07 Å². The number of carbonyl (C=O) groups excluding carboxylic acids is 1.